The monoisotopic (exact) mass is 294 g/mol. The van der Waals surface area contributed by atoms with Gasteiger partial charge in [-0.25, -0.2) is 4.39 Å². The highest BCUT2D eigenvalue weighted by molar-refractivity contribution is 6.38. The van der Waals surface area contributed by atoms with Crippen molar-refractivity contribution in [1.82, 2.24) is 5.32 Å². The second kappa shape index (κ2) is 6.06. The van der Waals surface area contributed by atoms with Crippen LogP contribution >= 0.6 is 23.2 Å². The highest BCUT2D eigenvalue weighted by Gasteiger charge is 2.19. The van der Waals surface area contributed by atoms with Crippen molar-refractivity contribution in [3.8, 4) is 0 Å². The summed E-state index contributed by atoms with van der Waals surface area (Å²) in [7, 11) is 0. The molecular formula is C12H17Cl2FN2O. The molecule has 1 unspecified atom stereocenters. The third-order valence-electron chi connectivity index (χ3n) is 2.59. The van der Waals surface area contributed by atoms with E-state index < -0.39 is 18.3 Å². The van der Waals surface area contributed by atoms with Gasteiger partial charge in [0, 0.05) is 12.1 Å². The van der Waals surface area contributed by atoms with Crippen LogP contribution in [0.2, 0.25) is 10.0 Å². The Morgan fingerprint density at radius 2 is 1.89 bits per heavy atom. The summed E-state index contributed by atoms with van der Waals surface area (Å²) in [6.45, 7) is 3.10. The number of benzene rings is 1. The van der Waals surface area contributed by atoms with Crippen LogP contribution in [-0.4, -0.2) is 23.9 Å². The van der Waals surface area contributed by atoms with Crippen LogP contribution in [0, 0.1) is 0 Å². The van der Waals surface area contributed by atoms with Gasteiger partial charge in [-0.15, -0.1) is 0 Å². The minimum Gasteiger partial charge on any atom is -0.396 e. The maximum absolute atomic E-state index is 12.6. The summed E-state index contributed by atoms with van der Waals surface area (Å²) >= 11 is 11.8. The van der Waals surface area contributed by atoms with Crippen molar-refractivity contribution in [2.24, 2.45) is 0 Å². The molecule has 1 aromatic rings. The number of hydrogen-bond acceptors (Lipinski definition) is 3. The number of aliphatic hydroxyl groups excluding tert-OH is 1. The lowest BCUT2D eigenvalue weighted by molar-refractivity contribution is 0.154. The van der Waals surface area contributed by atoms with Crippen LogP contribution in [0.25, 0.3) is 0 Å². The SMILES string of the molecule is CC(C)(CF)NCC(O)c1cc(Cl)c(N)c(Cl)c1. The topological polar surface area (TPSA) is 58.3 Å². The Hall–Kier alpha value is -0.550. The molecule has 0 spiro atoms. The molecule has 0 aliphatic carbocycles. The van der Waals surface area contributed by atoms with E-state index >= 15 is 0 Å². The number of nitrogen functional groups attached to an aromatic ring is 1. The number of alkyl halides is 1. The highest BCUT2D eigenvalue weighted by Crippen LogP contribution is 2.31. The van der Waals surface area contributed by atoms with Crippen LogP contribution in [0.3, 0.4) is 0 Å². The number of hydrogen-bond donors (Lipinski definition) is 3. The lowest BCUT2D eigenvalue weighted by Gasteiger charge is -2.24. The van der Waals surface area contributed by atoms with E-state index in [1.807, 2.05) is 0 Å². The number of aliphatic hydroxyl groups is 1. The van der Waals surface area contributed by atoms with E-state index in [4.69, 9.17) is 28.9 Å². The number of nitrogens with one attached hydrogen (secondary N) is 1. The second-order valence-corrected chi connectivity index (χ2v) is 5.63. The van der Waals surface area contributed by atoms with Crippen LogP contribution in [-0.2, 0) is 0 Å². The van der Waals surface area contributed by atoms with E-state index in [2.05, 4.69) is 5.32 Å². The molecule has 1 rings (SSSR count). The molecule has 0 aliphatic rings. The van der Waals surface area contributed by atoms with Crippen molar-refractivity contribution in [2.75, 3.05) is 19.0 Å². The Kier molecular flexibility index (Phi) is 5.22. The average Bonchev–Trinajstić information content (AvgIpc) is 2.32. The summed E-state index contributed by atoms with van der Waals surface area (Å²) in [6.07, 6.45) is -0.827. The largest absolute Gasteiger partial charge is 0.396 e. The summed E-state index contributed by atoms with van der Waals surface area (Å²) in [6, 6.07) is 3.11. The molecule has 0 heterocycles. The van der Waals surface area contributed by atoms with Gasteiger partial charge in [0.05, 0.1) is 21.8 Å². The van der Waals surface area contributed by atoms with E-state index in [0.29, 0.717) is 15.6 Å². The molecule has 1 atom stereocenters. The molecule has 0 radical (unpaired) electrons. The lowest BCUT2D eigenvalue weighted by Crippen LogP contribution is -2.43. The minimum absolute atomic E-state index is 0.202. The highest BCUT2D eigenvalue weighted by atomic mass is 35.5. The summed E-state index contributed by atoms with van der Waals surface area (Å²) < 4.78 is 12.6. The van der Waals surface area contributed by atoms with E-state index in [1.54, 1.807) is 26.0 Å². The average molecular weight is 295 g/mol. The van der Waals surface area contributed by atoms with Crippen molar-refractivity contribution in [1.29, 1.82) is 0 Å². The minimum atomic E-state index is -0.827. The molecule has 0 aromatic heterocycles. The molecule has 6 heteroatoms. The smallest absolute Gasteiger partial charge is 0.107 e. The number of β-amino-alcohol motifs (C(OH)–C–C–N with tert-alkyl or cyclic N) is 1. The quantitative estimate of drug-likeness (QED) is 0.732. The van der Waals surface area contributed by atoms with Crippen LogP contribution in [0.4, 0.5) is 10.1 Å². The van der Waals surface area contributed by atoms with Crippen molar-refractivity contribution < 1.29 is 9.50 Å². The maximum Gasteiger partial charge on any atom is 0.107 e. The van der Waals surface area contributed by atoms with E-state index in [0.717, 1.165) is 0 Å². The van der Waals surface area contributed by atoms with Gasteiger partial charge in [0.2, 0.25) is 0 Å². The normalized spacial score (nSPS) is 13.7. The van der Waals surface area contributed by atoms with Crippen LogP contribution in [0.5, 0.6) is 0 Å². The summed E-state index contributed by atoms with van der Waals surface area (Å²) in [5.41, 5.74) is 5.75. The molecule has 1 aromatic carbocycles. The molecule has 0 saturated carbocycles. The van der Waals surface area contributed by atoms with Gasteiger partial charge in [-0.05, 0) is 31.5 Å². The molecular weight excluding hydrogens is 278 g/mol. The third-order valence-corrected chi connectivity index (χ3v) is 3.22. The molecule has 0 fully saturated rings. The molecule has 3 nitrogen and oxygen atoms in total. The third kappa shape index (κ3) is 3.99. The van der Waals surface area contributed by atoms with Crippen LogP contribution in [0.1, 0.15) is 25.5 Å². The van der Waals surface area contributed by atoms with Crippen LogP contribution in [0.15, 0.2) is 12.1 Å². The number of rotatable bonds is 5. The predicted molar refractivity (Wildman–Crippen MR) is 73.9 cm³/mol. The fourth-order valence-corrected chi connectivity index (χ4v) is 1.84. The van der Waals surface area contributed by atoms with E-state index in [1.165, 1.54) is 0 Å². The zero-order chi connectivity index (χ0) is 13.9. The standard InChI is InChI=1S/C12H17Cl2FN2O/c1-12(2,6-15)17-5-10(18)7-3-8(13)11(16)9(14)4-7/h3-4,10,17-18H,5-6,16H2,1-2H3. The first-order chi connectivity index (χ1) is 8.26. The molecule has 102 valence electrons. The fourth-order valence-electron chi connectivity index (χ4n) is 1.33. The van der Waals surface area contributed by atoms with Gasteiger partial charge >= 0.3 is 0 Å². The summed E-state index contributed by atoms with van der Waals surface area (Å²) in [5.74, 6) is 0. The maximum atomic E-state index is 12.6. The first-order valence-corrected chi connectivity index (χ1v) is 6.26. The van der Waals surface area contributed by atoms with E-state index in [9.17, 15) is 9.50 Å². The first-order valence-electron chi connectivity index (χ1n) is 5.50. The number of halogens is 3. The van der Waals surface area contributed by atoms with Crippen molar-refractivity contribution >= 4 is 28.9 Å². The Morgan fingerprint density at radius 3 is 2.33 bits per heavy atom. The Labute approximate surface area is 116 Å². The second-order valence-electron chi connectivity index (χ2n) is 4.81. The molecule has 0 saturated heterocycles. The predicted octanol–water partition coefficient (Wildman–Crippen LogP) is 2.95. The summed E-state index contributed by atoms with van der Waals surface area (Å²) in [4.78, 5) is 0. The van der Waals surface area contributed by atoms with Gasteiger partial charge < -0.3 is 16.2 Å². The molecule has 4 N–H and O–H groups in total. The number of anilines is 1. The first kappa shape index (κ1) is 15.5. The van der Waals surface area contributed by atoms with Crippen LogP contribution < -0.4 is 11.1 Å². The van der Waals surface area contributed by atoms with Gasteiger partial charge in [-0.2, -0.15) is 0 Å². The molecule has 0 amide bonds. The van der Waals surface area contributed by atoms with Gasteiger partial charge in [0.25, 0.3) is 0 Å². The molecule has 18 heavy (non-hydrogen) atoms. The lowest BCUT2D eigenvalue weighted by atomic mass is 10.1. The molecule has 0 bridgehead atoms. The van der Waals surface area contributed by atoms with Crippen molar-refractivity contribution in [2.45, 2.75) is 25.5 Å². The fraction of sp³-hybridized carbons (Fsp3) is 0.500. The van der Waals surface area contributed by atoms with Gasteiger partial charge in [0.15, 0.2) is 0 Å². The van der Waals surface area contributed by atoms with Gasteiger partial charge in [-0.3, -0.25) is 0 Å². The Balaban J connectivity index is 2.76. The Bertz CT molecular complexity index is 404. The van der Waals surface area contributed by atoms with Crippen molar-refractivity contribution in [3.63, 3.8) is 0 Å². The van der Waals surface area contributed by atoms with Gasteiger partial charge in [0.1, 0.15) is 6.67 Å². The number of nitrogens with two attached hydrogens (primary N) is 1. The zero-order valence-electron chi connectivity index (χ0n) is 10.3. The van der Waals surface area contributed by atoms with Gasteiger partial charge in [-0.1, -0.05) is 23.2 Å². The summed E-state index contributed by atoms with van der Waals surface area (Å²) in [5, 5.41) is 13.5. The van der Waals surface area contributed by atoms with E-state index in [-0.39, 0.29) is 12.2 Å². The zero-order valence-corrected chi connectivity index (χ0v) is 11.8. The Morgan fingerprint density at radius 1 is 1.39 bits per heavy atom. The molecule has 0 aliphatic heterocycles. The van der Waals surface area contributed by atoms with Crippen molar-refractivity contribution in [3.05, 3.63) is 27.7 Å².